The maximum absolute atomic E-state index is 9.10. The molecular weight excluding hydrogens is 346 g/mol. The Labute approximate surface area is 153 Å². The Morgan fingerprint density at radius 3 is 2.44 bits per heavy atom. The first-order valence-electron chi connectivity index (χ1n) is 8.29. The van der Waals surface area contributed by atoms with Gasteiger partial charge in [-0.05, 0) is 62.4 Å². The minimum absolute atomic E-state index is 0.759. The molecule has 6 nitrogen and oxygen atoms in total. The zero-order chi connectivity index (χ0) is 19.0. The van der Waals surface area contributed by atoms with E-state index >= 15 is 0 Å². The minimum Gasteiger partial charge on any atom is -0.492 e. The fraction of sp³-hybridized carbons (Fsp3) is 0.556. The smallest absolute Gasteiger partial charge is 0.414 e. The van der Waals surface area contributed by atoms with Crippen LogP contribution < -0.4 is 4.74 Å². The van der Waals surface area contributed by atoms with Gasteiger partial charge in [0.05, 0.1) is 0 Å². The molecular formula is C18H26ClNO5. The molecule has 0 bridgehead atoms. The largest absolute Gasteiger partial charge is 0.492 e. The Morgan fingerprint density at radius 1 is 1.24 bits per heavy atom. The molecule has 1 fully saturated rings. The van der Waals surface area contributed by atoms with Gasteiger partial charge in [0.1, 0.15) is 12.4 Å². The third-order valence-corrected chi connectivity index (χ3v) is 4.67. The number of aliphatic carboxylic acids is 2. The summed E-state index contributed by atoms with van der Waals surface area (Å²) < 4.78 is 5.91. The number of carboxylic acid groups (broad SMARTS) is 2. The normalized spacial score (nSPS) is 17.4. The lowest BCUT2D eigenvalue weighted by Gasteiger charge is -2.30. The molecule has 1 saturated heterocycles. The molecule has 0 saturated carbocycles. The summed E-state index contributed by atoms with van der Waals surface area (Å²) in [4.78, 5) is 20.7. The summed E-state index contributed by atoms with van der Waals surface area (Å²) in [6.07, 6.45) is 2.69. The van der Waals surface area contributed by atoms with Gasteiger partial charge in [-0.2, -0.15) is 0 Å². The van der Waals surface area contributed by atoms with E-state index in [1.807, 2.05) is 19.1 Å². The van der Waals surface area contributed by atoms with E-state index in [0.29, 0.717) is 0 Å². The number of carbonyl (C=O) groups is 2. The first-order chi connectivity index (χ1) is 11.7. The van der Waals surface area contributed by atoms with Crippen molar-refractivity contribution in [2.45, 2.75) is 33.6 Å². The zero-order valence-corrected chi connectivity index (χ0v) is 15.7. The molecule has 25 heavy (non-hydrogen) atoms. The van der Waals surface area contributed by atoms with E-state index in [9.17, 15) is 0 Å². The van der Waals surface area contributed by atoms with Crippen molar-refractivity contribution in [1.29, 1.82) is 0 Å². The summed E-state index contributed by atoms with van der Waals surface area (Å²) in [7, 11) is 0. The van der Waals surface area contributed by atoms with Crippen molar-refractivity contribution in [3.8, 4) is 5.75 Å². The van der Waals surface area contributed by atoms with Crippen LogP contribution in [0.3, 0.4) is 0 Å². The van der Waals surface area contributed by atoms with Crippen LogP contribution in [0.4, 0.5) is 0 Å². The fourth-order valence-electron chi connectivity index (χ4n) is 2.69. The summed E-state index contributed by atoms with van der Waals surface area (Å²) in [5.41, 5.74) is 2.27. The molecule has 7 heteroatoms. The summed E-state index contributed by atoms with van der Waals surface area (Å²) in [6, 6.07) is 3.89. The number of nitrogens with zero attached hydrogens (tertiary/aromatic N) is 1. The lowest BCUT2D eigenvalue weighted by molar-refractivity contribution is -0.159. The highest BCUT2D eigenvalue weighted by atomic mass is 35.5. The van der Waals surface area contributed by atoms with E-state index in [1.54, 1.807) is 0 Å². The quantitative estimate of drug-likeness (QED) is 0.790. The Balaban J connectivity index is 0.000000450. The minimum atomic E-state index is -1.82. The van der Waals surface area contributed by atoms with Crippen molar-refractivity contribution >= 4 is 23.5 Å². The van der Waals surface area contributed by atoms with Crippen molar-refractivity contribution in [2.24, 2.45) is 5.92 Å². The number of ether oxygens (including phenoxy) is 1. The third kappa shape index (κ3) is 7.32. The van der Waals surface area contributed by atoms with E-state index in [2.05, 4.69) is 18.7 Å². The highest BCUT2D eigenvalue weighted by Gasteiger charge is 2.16. The number of halogens is 1. The van der Waals surface area contributed by atoms with E-state index in [0.717, 1.165) is 41.0 Å². The molecule has 1 aromatic carbocycles. The topological polar surface area (TPSA) is 87.1 Å². The van der Waals surface area contributed by atoms with Gasteiger partial charge in [-0.15, -0.1) is 0 Å². The molecule has 0 aliphatic carbocycles. The van der Waals surface area contributed by atoms with Gasteiger partial charge in [0.25, 0.3) is 0 Å². The Morgan fingerprint density at radius 2 is 1.88 bits per heavy atom. The van der Waals surface area contributed by atoms with E-state index < -0.39 is 11.9 Å². The Hall–Kier alpha value is -1.79. The van der Waals surface area contributed by atoms with Crippen molar-refractivity contribution in [1.82, 2.24) is 4.90 Å². The molecule has 1 aromatic rings. The second kappa shape index (κ2) is 10.3. The standard InChI is InChI=1S/C16H24ClNO.C2H2O4/c1-12-5-4-8-18(11-12)9-10-19-16-7-6-15(17)13(2)14(16)3;3-1(4)2(5)6/h6-7,12H,4-5,8-11H2,1-3H3;(H,3,4)(H,5,6). The van der Waals surface area contributed by atoms with Crippen LogP contribution in [-0.4, -0.2) is 53.3 Å². The Bertz CT molecular complexity index is 593. The van der Waals surface area contributed by atoms with E-state index in [-0.39, 0.29) is 0 Å². The van der Waals surface area contributed by atoms with E-state index in [4.69, 9.17) is 36.1 Å². The SMILES string of the molecule is Cc1c(Cl)ccc(OCCN2CCCC(C)C2)c1C.O=C(O)C(=O)O. The van der Waals surface area contributed by atoms with Crippen LogP contribution in [0.5, 0.6) is 5.75 Å². The van der Waals surface area contributed by atoms with Gasteiger partial charge in [-0.25, -0.2) is 9.59 Å². The maximum atomic E-state index is 9.10. The molecule has 0 radical (unpaired) electrons. The van der Waals surface area contributed by atoms with Crippen molar-refractivity contribution < 1.29 is 24.5 Å². The second-order valence-electron chi connectivity index (χ2n) is 6.30. The summed E-state index contributed by atoms with van der Waals surface area (Å²) in [5.74, 6) is -1.86. The molecule has 1 unspecified atom stereocenters. The van der Waals surface area contributed by atoms with Crippen LogP contribution in [0.15, 0.2) is 12.1 Å². The molecule has 1 aliphatic heterocycles. The summed E-state index contributed by atoms with van der Waals surface area (Å²) >= 11 is 6.09. The average Bonchev–Trinajstić information content (AvgIpc) is 2.55. The molecule has 1 atom stereocenters. The van der Waals surface area contributed by atoms with Crippen LogP contribution >= 0.6 is 11.6 Å². The zero-order valence-electron chi connectivity index (χ0n) is 14.9. The van der Waals surface area contributed by atoms with Crippen molar-refractivity contribution in [3.05, 3.63) is 28.3 Å². The molecule has 140 valence electrons. The number of benzene rings is 1. The van der Waals surface area contributed by atoms with Gasteiger partial charge in [0, 0.05) is 18.1 Å². The number of likely N-dealkylation sites (tertiary alicyclic amines) is 1. The van der Waals surface area contributed by atoms with Gasteiger partial charge in [0.2, 0.25) is 0 Å². The lowest BCUT2D eigenvalue weighted by Crippen LogP contribution is -2.37. The predicted octanol–water partition coefficient (Wildman–Crippen LogP) is 3.22. The van der Waals surface area contributed by atoms with Gasteiger partial charge >= 0.3 is 11.9 Å². The monoisotopic (exact) mass is 371 g/mol. The number of carboxylic acids is 2. The van der Waals surface area contributed by atoms with Crippen LogP contribution in [0.25, 0.3) is 0 Å². The molecule has 2 N–H and O–H groups in total. The first kappa shape index (κ1) is 21.3. The van der Waals surface area contributed by atoms with Crippen LogP contribution in [0, 0.1) is 19.8 Å². The second-order valence-corrected chi connectivity index (χ2v) is 6.71. The highest BCUT2D eigenvalue weighted by Crippen LogP contribution is 2.27. The molecule has 0 aromatic heterocycles. The van der Waals surface area contributed by atoms with Crippen LogP contribution in [0.2, 0.25) is 5.02 Å². The molecule has 0 spiro atoms. The number of hydrogen-bond acceptors (Lipinski definition) is 4. The lowest BCUT2D eigenvalue weighted by atomic mass is 10.0. The van der Waals surface area contributed by atoms with Crippen LogP contribution in [0.1, 0.15) is 30.9 Å². The number of rotatable bonds is 4. The van der Waals surface area contributed by atoms with Crippen molar-refractivity contribution in [2.75, 3.05) is 26.2 Å². The fourth-order valence-corrected chi connectivity index (χ4v) is 2.90. The van der Waals surface area contributed by atoms with Crippen LogP contribution in [-0.2, 0) is 9.59 Å². The highest BCUT2D eigenvalue weighted by molar-refractivity contribution is 6.31. The van der Waals surface area contributed by atoms with Crippen molar-refractivity contribution in [3.63, 3.8) is 0 Å². The molecule has 0 amide bonds. The average molecular weight is 372 g/mol. The van der Waals surface area contributed by atoms with Gasteiger partial charge in [-0.1, -0.05) is 18.5 Å². The maximum Gasteiger partial charge on any atom is 0.414 e. The summed E-state index contributed by atoms with van der Waals surface area (Å²) in [5, 5.41) is 15.6. The predicted molar refractivity (Wildman–Crippen MR) is 96.5 cm³/mol. The summed E-state index contributed by atoms with van der Waals surface area (Å²) in [6.45, 7) is 10.6. The van der Waals surface area contributed by atoms with Gasteiger partial charge in [0.15, 0.2) is 0 Å². The number of hydrogen-bond donors (Lipinski definition) is 2. The van der Waals surface area contributed by atoms with E-state index in [1.165, 1.54) is 25.9 Å². The third-order valence-electron chi connectivity index (χ3n) is 4.26. The molecule has 2 rings (SSSR count). The number of piperidine rings is 1. The van der Waals surface area contributed by atoms with Gasteiger partial charge in [-0.3, -0.25) is 4.90 Å². The Kier molecular flexibility index (Phi) is 8.72. The first-order valence-corrected chi connectivity index (χ1v) is 8.67. The molecule has 1 heterocycles. The molecule has 1 aliphatic rings. The van der Waals surface area contributed by atoms with Gasteiger partial charge < -0.3 is 14.9 Å².